The Labute approximate surface area is 181 Å². The van der Waals surface area contributed by atoms with Crippen molar-refractivity contribution in [1.29, 1.82) is 0 Å². The Hall–Kier alpha value is -4.26. The zero-order chi connectivity index (χ0) is 22.6. The number of nitrogens with zero attached hydrogens (tertiary/aromatic N) is 1. The molecule has 0 fully saturated rings. The van der Waals surface area contributed by atoms with Gasteiger partial charge in [-0.15, -0.1) is 0 Å². The molecule has 1 N–H and O–H groups in total. The lowest BCUT2D eigenvalue weighted by atomic mass is 9.98. The smallest absolute Gasteiger partial charge is 0.295 e. The number of anilines is 1. The van der Waals surface area contributed by atoms with Gasteiger partial charge in [-0.05, 0) is 67.1 Å². The summed E-state index contributed by atoms with van der Waals surface area (Å²) >= 11 is 0. The van der Waals surface area contributed by atoms with Crippen molar-refractivity contribution in [3.05, 3.63) is 105 Å². The summed E-state index contributed by atoms with van der Waals surface area (Å²) in [6, 6.07) is 15.3. The molecular weight excluding hydrogens is 413 g/mol. The highest BCUT2D eigenvalue weighted by Gasteiger charge is 2.43. The monoisotopic (exact) mass is 429 g/mol. The van der Waals surface area contributed by atoms with Gasteiger partial charge in [0.1, 0.15) is 17.1 Å². The number of aromatic hydroxyl groups is 1. The molecule has 2 heterocycles. The number of halogens is 1. The maximum Gasteiger partial charge on any atom is 0.295 e. The van der Waals surface area contributed by atoms with Gasteiger partial charge in [0.05, 0.1) is 17.0 Å². The number of carbonyl (C=O) groups is 2. The number of carbonyl (C=O) groups excluding carboxylic acids is 2. The lowest BCUT2D eigenvalue weighted by molar-refractivity contribution is 0.0970. The third-order valence-electron chi connectivity index (χ3n) is 5.57. The predicted molar refractivity (Wildman–Crippen MR) is 116 cm³/mol. The van der Waals surface area contributed by atoms with Gasteiger partial charge in [-0.2, -0.15) is 0 Å². The summed E-state index contributed by atoms with van der Waals surface area (Å²) in [6.45, 7) is 1.44. The number of amides is 1. The van der Waals surface area contributed by atoms with Crippen LogP contribution in [0, 0.1) is 5.82 Å². The largest absolute Gasteiger partial charge is 0.508 e. The van der Waals surface area contributed by atoms with E-state index in [2.05, 4.69) is 0 Å². The summed E-state index contributed by atoms with van der Waals surface area (Å²) in [6.07, 6.45) is 0. The van der Waals surface area contributed by atoms with Crippen molar-refractivity contribution in [2.45, 2.75) is 13.0 Å². The van der Waals surface area contributed by atoms with E-state index in [-0.39, 0.29) is 33.8 Å². The van der Waals surface area contributed by atoms with Gasteiger partial charge < -0.3 is 9.52 Å². The zero-order valence-corrected chi connectivity index (χ0v) is 16.8. The molecule has 1 unspecified atom stereocenters. The van der Waals surface area contributed by atoms with Crippen LogP contribution in [0.15, 0.2) is 75.9 Å². The summed E-state index contributed by atoms with van der Waals surface area (Å²) in [5.74, 6) is -1.45. The highest BCUT2D eigenvalue weighted by atomic mass is 19.1. The lowest BCUT2D eigenvalue weighted by Crippen LogP contribution is -2.29. The molecule has 0 radical (unpaired) electrons. The first-order valence-corrected chi connectivity index (χ1v) is 9.85. The molecule has 1 aromatic heterocycles. The maximum atomic E-state index is 13.8. The minimum atomic E-state index is -0.906. The second kappa shape index (κ2) is 7.16. The molecule has 6 nitrogen and oxygen atoms in total. The van der Waals surface area contributed by atoms with E-state index < -0.39 is 23.2 Å². The first kappa shape index (κ1) is 19.7. The van der Waals surface area contributed by atoms with Crippen LogP contribution in [0.5, 0.6) is 5.75 Å². The second-order valence-corrected chi connectivity index (χ2v) is 7.59. The average molecular weight is 429 g/mol. The SMILES string of the molecule is CC(=O)c1ccc(N2C(=O)c3oc4ccc(F)cc4c(=O)c3C2c2cccc(O)c2)cc1. The maximum absolute atomic E-state index is 13.8. The van der Waals surface area contributed by atoms with Gasteiger partial charge in [-0.25, -0.2) is 4.39 Å². The van der Waals surface area contributed by atoms with Crippen molar-refractivity contribution in [3.8, 4) is 5.75 Å². The van der Waals surface area contributed by atoms with Crippen molar-refractivity contribution in [2.75, 3.05) is 4.90 Å². The fraction of sp³-hybridized carbons (Fsp3) is 0.0800. The van der Waals surface area contributed by atoms with Crippen LogP contribution in [-0.2, 0) is 0 Å². The molecule has 5 rings (SSSR count). The number of hydrogen-bond acceptors (Lipinski definition) is 5. The Morgan fingerprint density at radius 1 is 1.03 bits per heavy atom. The first-order valence-electron chi connectivity index (χ1n) is 9.85. The van der Waals surface area contributed by atoms with Crippen LogP contribution in [-0.4, -0.2) is 16.8 Å². The fourth-order valence-electron chi connectivity index (χ4n) is 4.08. The molecule has 1 atom stereocenters. The molecule has 0 bridgehead atoms. The summed E-state index contributed by atoms with van der Waals surface area (Å²) in [5, 5.41) is 10.1. The molecule has 0 spiro atoms. The van der Waals surface area contributed by atoms with Gasteiger partial charge in [0, 0.05) is 11.3 Å². The number of phenols is 1. The Kier molecular flexibility index (Phi) is 4.41. The summed E-state index contributed by atoms with van der Waals surface area (Å²) in [7, 11) is 0. The third-order valence-corrected chi connectivity index (χ3v) is 5.57. The number of ketones is 1. The molecule has 1 aliphatic heterocycles. The van der Waals surface area contributed by atoms with Crippen molar-refractivity contribution >= 4 is 28.3 Å². The van der Waals surface area contributed by atoms with E-state index in [1.54, 1.807) is 36.4 Å². The van der Waals surface area contributed by atoms with Gasteiger partial charge in [-0.1, -0.05) is 12.1 Å². The van der Waals surface area contributed by atoms with Crippen LogP contribution < -0.4 is 10.3 Å². The molecule has 158 valence electrons. The van der Waals surface area contributed by atoms with Crippen molar-refractivity contribution in [2.24, 2.45) is 0 Å². The Bertz CT molecular complexity index is 1470. The fourth-order valence-corrected chi connectivity index (χ4v) is 4.08. The molecule has 32 heavy (non-hydrogen) atoms. The molecule has 4 aromatic rings. The average Bonchev–Trinajstić information content (AvgIpc) is 3.07. The Morgan fingerprint density at radius 2 is 1.78 bits per heavy atom. The Balaban J connectivity index is 1.79. The van der Waals surface area contributed by atoms with E-state index in [0.29, 0.717) is 16.8 Å². The van der Waals surface area contributed by atoms with E-state index in [4.69, 9.17) is 4.42 Å². The highest BCUT2D eigenvalue weighted by molar-refractivity contribution is 6.11. The molecule has 0 saturated heterocycles. The van der Waals surface area contributed by atoms with Crippen LogP contribution in [0.2, 0.25) is 0 Å². The number of phenolic OH excluding ortho intramolecular Hbond substituents is 1. The molecule has 3 aromatic carbocycles. The molecule has 0 aliphatic carbocycles. The van der Waals surface area contributed by atoms with Crippen molar-refractivity contribution in [3.63, 3.8) is 0 Å². The highest BCUT2D eigenvalue weighted by Crippen LogP contribution is 2.41. The van der Waals surface area contributed by atoms with E-state index in [1.165, 1.54) is 30.0 Å². The van der Waals surface area contributed by atoms with E-state index >= 15 is 0 Å². The van der Waals surface area contributed by atoms with E-state index in [9.17, 15) is 23.9 Å². The first-order chi connectivity index (χ1) is 15.3. The molecule has 0 saturated carbocycles. The number of fused-ring (bicyclic) bond motifs is 2. The van der Waals surface area contributed by atoms with Crippen molar-refractivity contribution in [1.82, 2.24) is 0 Å². The summed E-state index contributed by atoms with van der Waals surface area (Å²) in [4.78, 5) is 39.9. The van der Waals surface area contributed by atoms with Gasteiger partial charge >= 0.3 is 0 Å². The predicted octanol–water partition coefficient (Wildman–Crippen LogP) is 4.59. The zero-order valence-electron chi connectivity index (χ0n) is 16.8. The third kappa shape index (κ3) is 2.98. The van der Waals surface area contributed by atoms with E-state index in [0.717, 1.165) is 12.1 Å². The van der Waals surface area contributed by atoms with Crippen molar-refractivity contribution < 1.29 is 23.5 Å². The molecular formula is C25H16FNO5. The lowest BCUT2D eigenvalue weighted by Gasteiger charge is -2.25. The van der Waals surface area contributed by atoms with Crippen LogP contribution in [0.25, 0.3) is 11.0 Å². The minimum Gasteiger partial charge on any atom is -0.508 e. The second-order valence-electron chi connectivity index (χ2n) is 7.59. The normalized spacial score (nSPS) is 15.2. The molecule has 1 aliphatic rings. The van der Waals surface area contributed by atoms with Crippen LogP contribution in [0.3, 0.4) is 0 Å². The number of rotatable bonds is 3. The molecule has 7 heteroatoms. The van der Waals surface area contributed by atoms with Crippen LogP contribution in [0.1, 0.15) is 45.0 Å². The quantitative estimate of drug-likeness (QED) is 0.481. The van der Waals surface area contributed by atoms with E-state index in [1.807, 2.05) is 0 Å². The topological polar surface area (TPSA) is 87.8 Å². The van der Waals surface area contributed by atoms with Gasteiger partial charge in [-0.3, -0.25) is 19.3 Å². The standard InChI is InChI=1S/C25H16FNO5/c1-13(28)14-5-8-17(9-6-14)27-22(15-3-2-4-18(29)11-15)21-23(30)19-12-16(26)7-10-20(19)32-24(21)25(27)31/h2-12,22,29H,1H3. The summed E-state index contributed by atoms with van der Waals surface area (Å²) < 4.78 is 19.6. The van der Waals surface area contributed by atoms with Crippen LogP contribution >= 0.6 is 0 Å². The number of hydrogen-bond donors (Lipinski definition) is 1. The Morgan fingerprint density at radius 3 is 2.47 bits per heavy atom. The number of Topliss-reactive ketones (excluding diaryl/α,β-unsaturated/α-hetero) is 1. The van der Waals surface area contributed by atoms with Gasteiger partial charge in [0.25, 0.3) is 5.91 Å². The molecule has 1 amide bonds. The van der Waals surface area contributed by atoms with Gasteiger partial charge in [0.15, 0.2) is 11.2 Å². The minimum absolute atomic E-state index is 0.0236. The van der Waals surface area contributed by atoms with Gasteiger partial charge in [0.2, 0.25) is 5.76 Å². The van der Waals surface area contributed by atoms with Crippen LogP contribution in [0.4, 0.5) is 10.1 Å². The summed E-state index contributed by atoms with van der Waals surface area (Å²) in [5.41, 5.74) is 1.04. The number of benzene rings is 3.